The molecule has 80 valence electrons. The third-order valence-electron chi connectivity index (χ3n) is 3.29. The summed E-state index contributed by atoms with van der Waals surface area (Å²) in [5.41, 5.74) is 0. The number of aliphatic hydroxyl groups excluding tert-OH is 1. The molecule has 0 aliphatic carbocycles. The molecule has 0 aromatic carbocycles. The van der Waals surface area contributed by atoms with E-state index in [-0.39, 0.29) is 24.6 Å². The van der Waals surface area contributed by atoms with Crippen LogP contribution in [0.25, 0.3) is 0 Å². The van der Waals surface area contributed by atoms with Crippen LogP contribution in [0.5, 0.6) is 0 Å². The van der Waals surface area contributed by atoms with Gasteiger partial charge < -0.3 is 10.4 Å². The van der Waals surface area contributed by atoms with E-state index in [9.17, 15) is 9.90 Å². The summed E-state index contributed by atoms with van der Waals surface area (Å²) in [6.45, 7) is 1.96. The highest BCUT2D eigenvalue weighted by atomic mass is 16.3. The zero-order valence-corrected chi connectivity index (χ0v) is 8.41. The monoisotopic (exact) mass is 198 g/mol. The zero-order chi connectivity index (χ0) is 9.97. The van der Waals surface area contributed by atoms with Crippen molar-refractivity contribution >= 4 is 5.91 Å². The topological polar surface area (TPSA) is 52.6 Å². The van der Waals surface area contributed by atoms with Crippen molar-refractivity contribution in [2.75, 3.05) is 19.7 Å². The molecule has 0 bridgehead atoms. The van der Waals surface area contributed by atoms with Crippen molar-refractivity contribution in [1.29, 1.82) is 0 Å². The number of carbonyl (C=O) groups is 1. The van der Waals surface area contributed by atoms with E-state index in [2.05, 4.69) is 10.2 Å². The van der Waals surface area contributed by atoms with Gasteiger partial charge in [-0.3, -0.25) is 9.69 Å². The lowest BCUT2D eigenvalue weighted by atomic mass is 10.0. The van der Waals surface area contributed by atoms with Gasteiger partial charge in [0.05, 0.1) is 12.6 Å². The van der Waals surface area contributed by atoms with E-state index < -0.39 is 0 Å². The van der Waals surface area contributed by atoms with Crippen LogP contribution in [-0.2, 0) is 4.79 Å². The molecule has 14 heavy (non-hydrogen) atoms. The first-order valence-electron chi connectivity index (χ1n) is 5.47. The number of nitrogens with one attached hydrogen (secondary N) is 1. The molecule has 2 unspecified atom stereocenters. The Morgan fingerprint density at radius 2 is 2.29 bits per heavy atom. The Labute approximate surface area is 84.3 Å². The lowest BCUT2D eigenvalue weighted by Gasteiger charge is -2.33. The number of hydrogen-bond donors (Lipinski definition) is 2. The van der Waals surface area contributed by atoms with Crippen LogP contribution >= 0.6 is 0 Å². The van der Waals surface area contributed by atoms with Crippen molar-refractivity contribution in [2.24, 2.45) is 0 Å². The van der Waals surface area contributed by atoms with Crippen molar-refractivity contribution < 1.29 is 9.90 Å². The zero-order valence-electron chi connectivity index (χ0n) is 8.41. The predicted molar refractivity (Wildman–Crippen MR) is 52.8 cm³/mol. The SMILES string of the molecule is O=C1NCCCC1N1CCCC1CO. The summed E-state index contributed by atoms with van der Waals surface area (Å²) in [6.07, 6.45) is 4.14. The van der Waals surface area contributed by atoms with Gasteiger partial charge in [0.25, 0.3) is 0 Å². The average Bonchev–Trinajstić information content (AvgIpc) is 2.66. The van der Waals surface area contributed by atoms with Gasteiger partial charge >= 0.3 is 0 Å². The van der Waals surface area contributed by atoms with Crippen LogP contribution in [0.3, 0.4) is 0 Å². The quantitative estimate of drug-likeness (QED) is 0.642. The van der Waals surface area contributed by atoms with E-state index >= 15 is 0 Å². The molecule has 0 aromatic rings. The van der Waals surface area contributed by atoms with Gasteiger partial charge in [-0.15, -0.1) is 0 Å². The van der Waals surface area contributed by atoms with Crippen molar-refractivity contribution in [3.8, 4) is 0 Å². The van der Waals surface area contributed by atoms with E-state index in [0.717, 1.165) is 38.8 Å². The maximum Gasteiger partial charge on any atom is 0.237 e. The van der Waals surface area contributed by atoms with E-state index in [1.54, 1.807) is 0 Å². The number of hydrogen-bond acceptors (Lipinski definition) is 3. The molecule has 2 heterocycles. The molecule has 2 aliphatic heterocycles. The van der Waals surface area contributed by atoms with E-state index in [4.69, 9.17) is 0 Å². The Bertz CT molecular complexity index is 220. The summed E-state index contributed by atoms with van der Waals surface area (Å²) in [6, 6.07) is 0.229. The molecule has 2 rings (SSSR count). The summed E-state index contributed by atoms with van der Waals surface area (Å²) < 4.78 is 0. The molecule has 4 heteroatoms. The lowest BCUT2D eigenvalue weighted by Crippen LogP contribution is -2.52. The van der Waals surface area contributed by atoms with Crippen LogP contribution in [0.4, 0.5) is 0 Å². The van der Waals surface area contributed by atoms with Crippen molar-refractivity contribution in [3.05, 3.63) is 0 Å². The number of aliphatic hydroxyl groups is 1. The second-order valence-corrected chi connectivity index (χ2v) is 4.17. The highest BCUT2D eigenvalue weighted by molar-refractivity contribution is 5.82. The Hall–Kier alpha value is -0.610. The normalized spacial score (nSPS) is 34.5. The minimum absolute atomic E-state index is 0.0170. The van der Waals surface area contributed by atoms with Crippen LogP contribution in [0, 0.1) is 0 Å². The number of piperidine rings is 1. The molecule has 2 aliphatic rings. The first kappa shape index (κ1) is 9.93. The minimum Gasteiger partial charge on any atom is -0.395 e. The highest BCUT2D eigenvalue weighted by Gasteiger charge is 2.35. The van der Waals surface area contributed by atoms with Gasteiger partial charge in [-0.2, -0.15) is 0 Å². The molecule has 0 spiro atoms. The molecular weight excluding hydrogens is 180 g/mol. The van der Waals surface area contributed by atoms with Gasteiger partial charge in [-0.25, -0.2) is 0 Å². The molecule has 2 saturated heterocycles. The summed E-state index contributed by atoms with van der Waals surface area (Å²) in [4.78, 5) is 13.8. The Kier molecular flexibility index (Phi) is 3.03. The molecule has 2 atom stereocenters. The predicted octanol–water partition coefficient (Wildman–Crippen LogP) is -0.278. The first-order valence-corrected chi connectivity index (χ1v) is 5.47. The lowest BCUT2D eigenvalue weighted by molar-refractivity contribution is -0.128. The second kappa shape index (κ2) is 4.28. The molecule has 0 radical (unpaired) electrons. The van der Waals surface area contributed by atoms with Crippen LogP contribution < -0.4 is 5.32 Å². The van der Waals surface area contributed by atoms with Gasteiger partial charge in [-0.1, -0.05) is 0 Å². The number of likely N-dealkylation sites (tertiary alicyclic amines) is 1. The first-order chi connectivity index (χ1) is 6.83. The summed E-state index contributed by atoms with van der Waals surface area (Å²) in [5.74, 6) is 0.150. The standard InChI is InChI=1S/C10H18N2O2/c13-7-8-3-2-6-12(8)9-4-1-5-11-10(9)14/h8-9,13H,1-7H2,(H,11,14). The molecule has 0 aromatic heterocycles. The average molecular weight is 198 g/mol. The third-order valence-corrected chi connectivity index (χ3v) is 3.29. The van der Waals surface area contributed by atoms with Crippen LogP contribution in [0.2, 0.25) is 0 Å². The Balaban J connectivity index is 2.01. The largest absolute Gasteiger partial charge is 0.395 e. The van der Waals surface area contributed by atoms with Gasteiger partial charge in [0.15, 0.2) is 0 Å². The molecule has 2 fully saturated rings. The molecule has 0 saturated carbocycles. The molecule has 2 N–H and O–H groups in total. The molecule has 4 nitrogen and oxygen atoms in total. The van der Waals surface area contributed by atoms with E-state index in [1.165, 1.54) is 0 Å². The van der Waals surface area contributed by atoms with E-state index in [0.29, 0.717) is 0 Å². The highest BCUT2D eigenvalue weighted by Crippen LogP contribution is 2.23. The van der Waals surface area contributed by atoms with Gasteiger partial charge in [0.2, 0.25) is 5.91 Å². The smallest absolute Gasteiger partial charge is 0.237 e. The fourth-order valence-electron chi connectivity index (χ4n) is 2.54. The third kappa shape index (κ3) is 1.77. The fourth-order valence-corrected chi connectivity index (χ4v) is 2.54. The molecular formula is C10H18N2O2. The van der Waals surface area contributed by atoms with Crippen LogP contribution in [-0.4, -0.2) is 47.7 Å². The van der Waals surface area contributed by atoms with Crippen LogP contribution in [0.1, 0.15) is 25.7 Å². The molecule has 1 amide bonds. The maximum atomic E-state index is 11.6. The fraction of sp³-hybridized carbons (Fsp3) is 0.900. The number of nitrogens with zero attached hydrogens (tertiary/aromatic N) is 1. The number of amides is 1. The van der Waals surface area contributed by atoms with Gasteiger partial charge in [0.1, 0.15) is 0 Å². The number of rotatable bonds is 2. The summed E-state index contributed by atoms with van der Waals surface area (Å²) in [7, 11) is 0. The van der Waals surface area contributed by atoms with Gasteiger partial charge in [-0.05, 0) is 32.2 Å². The van der Waals surface area contributed by atoms with Crippen molar-refractivity contribution in [3.63, 3.8) is 0 Å². The van der Waals surface area contributed by atoms with Crippen molar-refractivity contribution in [2.45, 2.75) is 37.8 Å². The maximum absolute atomic E-state index is 11.6. The van der Waals surface area contributed by atoms with Gasteiger partial charge in [0, 0.05) is 12.6 Å². The Morgan fingerprint density at radius 3 is 3.00 bits per heavy atom. The van der Waals surface area contributed by atoms with E-state index in [1.807, 2.05) is 0 Å². The second-order valence-electron chi connectivity index (χ2n) is 4.17. The summed E-state index contributed by atoms with van der Waals surface area (Å²) in [5, 5.41) is 12.1. The summed E-state index contributed by atoms with van der Waals surface area (Å²) >= 11 is 0. The van der Waals surface area contributed by atoms with Crippen molar-refractivity contribution in [1.82, 2.24) is 10.2 Å². The minimum atomic E-state index is 0.0170. The van der Waals surface area contributed by atoms with Crippen LogP contribution in [0.15, 0.2) is 0 Å². The number of carbonyl (C=O) groups excluding carboxylic acids is 1. The Morgan fingerprint density at radius 1 is 1.43 bits per heavy atom.